The van der Waals surface area contributed by atoms with Crippen LogP contribution in [0, 0.1) is 5.82 Å². The van der Waals surface area contributed by atoms with Crippen LogP contribution in [0.25, 0.3) is 28.5 Å². The fourth-order valence-electron chi connectivity index (χ4n) is 4.76. The zero-order chi connectivity index (χ0) is 25.1. The first kappa shape index (κ1) is 24.8. The molecule has 0 fully saturated rings. The minimum Gasteiger partial charge on any atom is -0.481 e. The summed E-state index contributed by atoms with van der Waals surface area (Å²) < 4.78 is 13.8. The Morgan fingerprint density at radius 2 is 1.80 bits per heavy atom. The third kappa shape index (κ3) is 5.50. The van der Waals surface area contributed by atoms with Gasteiger partial charge in [0.1, 0.15) is 5.82 Å². The molecule has 0 spiro atoms. The molecule has 1 heterocycles. The third-order valence-electron chi connectivity index (χ3n) is 6.37. The fraction of sp³-hybridized carbons (Fsp3) is 0.310. The van der Waals surface area contributed by atoms with E-state index in [2.05, 4.69) is 26.0 Å². The number of fused-ring (bicyclic) bond motifs is 3. The zero-order valence-electron chi connectivity index (χ0n) is 19.9. The molecule has 0 unspecified atom stereocenters. The quantitative estimate of drug-likeness (QED) is 0.407. The molecule has 5 nitrogen and oxygen atoms in total. The maximum atomic E-state index is 13.8. The van der Waals surface area contributed by atoms with Crippen LogP contribution in [0.5, 0.6) is 0 Å². The van der Waals surface area contributed by atoms with E-state index in [0.29, 0.717) is 0 Å². The summed E-state index contributed by atoms with van der Waals surface area (Å²) in [7, 11) is 0. The lowest BCUT2D eigenvalue weighted by Gasteiger charge is -2.26. The normalized spacial score (nSPS) is 14.6. The Hall–Kier alpha value is -3.35. The average Bonchev–Trinajstić information content (AvgIpc) is 2.81. The van der Waals surface area contributed by atoms with Gasteiger partial charge < -0.3 is 15.3 Å². The number of hydrogen-bond donors (Lipinski definition) is 3. The highest BCUT2D eigenvalue weighted by Gasteiger charge is 2.26. The van der Waals surface area contributed by atoms with Crippen LogP contribution < -0.4 is 0 Å². The summed E-state index contributed by atoms with van der Waals surface area (Å²) in [5.74, 6) is -1.36. The van der Waals surface area contributed by atoms with Crippen LogP contribution >= 0.6 is 0 Å². The minimum atomic E-state index is -1.15. The number of pyridine rings is 1. The summed E-state index contributed by atoms with van der Waals surface area (Å²) in [5, 5.41) is 29.3. The van der Waals surface area contributed by atoms with Crippen LogP contribution in [0.1, 0.15) is 55.0 Å². The lowest BCUT2D eigenvalue weighted by atomic mass is 9.81. The number of aliphatic hydroxyl groups is 2. The van der Waals surface area contributed by atoms with Gasteiger partial charge in [0.25, 0.3) is 0 Å². The monoisotopic (exact) mass is 475 g/mol. The van der Waals surface area contributed by atoms with E-state index in [4.69, 9.17) is 10.1 Å². The molecule has 0 amide bonds. The van der Waals surface area contributed by atoms with Gasteiger partial charge in [0.15, 0.2) is 0 Å². The fourth-order valence-corrected chi connectivity index (χ4v) is 4.76. The summed E-state index contributed by atoms with van der Waals surface area (Å²) in [6.07, 6.45) is 2.34. The Balaban J connectivity index is 1.87. The Labute approximate surface area is 204 Å². The molecule has 2 atom stereocenters. The molecule has 6 heteroatoms. The van der Waals surface area contributed by atoms with Crippen molar-refractivity contribution < 1.29 is 24.5 Å². The summed E-state index contributed by atoms with van der Waals surface area (Å²) in [4.78, 5) is 15.9. The summed E-state index contributed by atoms with van der Waals surface area (Å²) >= 11 is 0. The highest BCUT2D eigenvalue weighted by atomic mass is 19.1. The number of rotatable bonds is 8. The van der Waals surface area contributed by atoms with Crippen molar-refractivity contribution in [3.8, 4) is 22.4 Å². The Morgan fingerprint density at radius 3 is 2.49 bits per heavy atom. The minimum absolute atomic E-state index is 0.0722. The van der Waals surface area contributed by atoms with Crippen LogP contribution in [0.2, 0.25) is 0 Å². The highest BCUT2D eigenvalue weighted by Crippen LogP contribution is 2.42. The molecular weight excluding hydrogens is 445 g/mol. The number of carbonyl (C=O) groups is 1. The number of carboxylic acid groups (broad SMARTS) is 1. The number of aryl methyl sites for hydroxylation is 1. The Kier molecular flexibility index (Phi) is 7.43. The summed E-state index contributed by atoms with van der Waals surface area (Å²) in [6, 6.07) is 14.7. The molecular formula is C29H30FNO4. The van der Waals surface area contributed by atoms with Gasteiger partial charge in [-0.1, -0.05) is 62.4 Å². The standard InChI is InChI=1S/C29H30FNO4/c1-17(2)28-24(14-12-21(32)15-22(33)16-26(34)35)27(19-7-10-20(30)11-8-19)25-13-9-18-5-3-4-6-23(18)29(25)31-28/h3-8,10-12,14,17,21-22,32-33H,9,13,15-16H2,1-2H3,(H,34,35)/b14-12+/t21-,22-/m1/s1. The van der Waals surface area contributed by atoms with Gasteiger partial charge in [0.05, 0.1) is 30.0 Å². The predicted molar refractivity (Wildman–Crippen MR) is 134 cm³/mol. The number of nitrogens with zero attached hydrogens (tertiary/aromatic N) is 1. The number of aliphatic hydroxyl groups excluding tert-OH is 2. The molecule has 3 N–H and O–H groups in total. The lowest BCUT2D eigenvalue weighted by Crippen LogP contribution is -2.19. The molecule has 3 aromatic rings. The first-order valence-corrected chi connectivity index (χ1v) is 11.9. The Bertz CT molecular complexity index is 1250. The molecule has 2 aromatic carbocycles. The van der Waals surface area contributed by atoms with Crippen LogP contribution in [-0.2, 0) is 17.6 Å². The lowest BCUT2D eigenvalue weighted by molar-refractivity contribution is -0.139. The number of carboxylic acids is 1. The van der Waals surface area contributed by atoms with Gasteiger partial charge in [-0.05, 0) is 53.1 Å². The summed E-state index contributed by atoms with van der Waals surface area (Å²) in [6.45, 7) is 4.12. The molecule has 0 aliphatic heterocycles. The van der Waals surface area contributed by atoms with E-state index < -0.39 is 24.6 Å². The number of benzene rings is 2. The largest absolute Gasteiger partial charge is 0.481 e. The van der Waals surface area contributed by atoms with Gasteiger partial charge in [0, 0.05) is 17.5 Å². The second-order valence-electron chi connectivity index (χ2n) is 9.35. The molecule has 0 bridgehead atoms. The molecule has 182 valence electrons. The molecule has 0 saturated carbocycles. The van der Waals surface area contributed by atoms with Crippen LogP contribution in [0.3, 0.4) is 0 Å². The number of halogens is 1. The Morgan fingerprint density at radius 1 is 1.09 bits per heavy atom. The van der Waals surface area contributed by atoms with E-state index >= 15 is 0 Å². The third-order valence-corrected chi connectivity index (χ3v) is 6.37. The maximum absolute atomic E-state index is 13.8. The van der Waals surface area contributed by atoms with Gasteiger partial charge in [0.2, 0.25) is 0 Å². The van der Waals surface area contributed by atoms with Gasteiger partial charge in [-0.2, -0.15) is 0 Å². The first-order valence-electron chi connectivity index (χ1n) is 11.9. The van der Waals surface area contributed by atoms with Crippen molar-refractivity contribution >= 4 is 12.0 Å². The SMILES string of the molecule is CC(C)c1nc2c(c(-c3ccc(F)cc3)c1/C=C/[C@@H](O)C[C@@H](O)CC(=O)O)CCc1ccccc1-2. The number of aliphatic carboxylic acids is 1. The van der Waals surface area contributed by atoms with Crippen molar-refractivity contribution in [1.29, 1.82) is 0 Å². The van der Waals surface area contributed by atoms with Gasteiger partial charge in [-0.15, -0.1) is 0 Å². The van der Waals surface area contributed by atoms with Crippen LogP contribution in [0.15, 0.2) is 54.6 Å². The molecule has 1 aliphatic carbocycles. The topological polar surface area (TPSA) is 90.7 Å². The zero-order valence-corrected chi connectivity index (χ0v) is 19.9. The van der Waals surface area contributed by atoms with E-state index in [1.54, 1.807) is 24.3 Å². The average molecular weight is 476 g/mol. The van der Waals surface area contributed by atoms with Crippen molar-refractivity contribution in [1.82, 2.24) is 4.98 Å². The number of hydrogen-bond acceptors (Lipinski definition) is 4. The van der Waals surface area contributed by atoms with Crippen molar-refractivity contribution in [2.75, 3.05) is 0 Å². The molecule has 1 aromatic heterocycles. The van der Waals surface area contributed by atoms with Crippen LogP contribution in [-0.4, -0.2) is 38.5 Å². The van der Waals surface area contributed by atoms with Crippen molar-refractivity contribution in [2.24, 2.45) is 0 Å². The van der Waals surface area contributed by atoms with Gasteiger partial charge >= 0.3 is 5.97 Å². The highest BCUT2D eigenvalue weighted by molar-refractivity contribution is 5.86. The van der Waals surface area contributed by atoms with E-state index in [0.717, 1.165) is 52.0 Å². The van der Waals surface area contributed by atoms with E-state index in [-0.39, 0.29) is 18.2 Å². The maximum Gasteiger partial charge on any atom is 0.305 e. The number of aromatic nitrogens is 1. The predicted octanol–water partition coefficient (Wildman–Crippen LogP) is 5.38. The molecule has 35 heavy (non-hydrogen) atoms. The first-order chi connectivity index (χ1) is 16.7. The van der Waals surface area contributed by atoms with E-state index in [1.807, 2.05) is 12.1 Å². The van der Waals surface area contributed by atoms with E-state index in [1.165, 1.54) is 17.7 Å². The molecule has 0 radical (unpaired) electrons. The van der Waals surface area contributed by atoms with Crippen LogP contribution in [0.4, 0.5) is 4.39 Å². The molecule has 1 aliphatic rings. The van der Waals surface area contributed by atoms with Crippen molar-refractivity contribution in [3.05, 3.63) is 82.8 Å². The smallest absolute Gasteiger partial charge is 0.305 e. The second-order valence-corrected chi connectivity index (χ2v) is 9.35. The van der Waals surface area contributed by atoms with Crippen molar-refractivity contribution in [3.63, 3.8) is 0 Å². The van der Waals surface area contributed by atoms with Crippen molar-refractivity contribution in [2.45, 2.75) is 57.7 Å². The van der Waals surface area contributed by atoms with E-state index in [9.17, 15) is 19.4 Å². The summed E-state index contributed by atoms with van der Waals surface area (Å²) in [5.41, 5.74) is 7.90. The molecule has 4 rings (SSSR count). The second kappa shape index (κ2) is 10.5. The molecule has 0 saturated heterocycles. The van der Waals surface area contributed by atoms with Gasteiger partial charge in [-0.25, -0.2) is 4.39 Å². The van der Waals surface area contributed by atoms with Gasteiger partial charge in [-0.3, -0.25) is 9.78 Å².